The van der Waals surface area contributed by atoms with E-state index in [1.165, 1.54) is 34.1 Å². The molecule has 1 amide bonds. The molecule has 2 aromatic heterocycles. The molecule has 1 aliphatic rings. The van der Waals surface area contributed by atoms with Crippen LogP contribution in [0.1, 0.15) is 40.4 Å². The number of alkyl halides is 3. The Kier molecular flexibility index (Phi) is 5.83. The number of aryl methyl sites for hydroxylation is 2. The molecule has 0 radical (unpaired) electrons. The van der Waals surface area contributed by atoms with Gasteiger partial charge in [0.25, 0.3) is 5.91 Å². The first-order valence-corrected chi connectivity index (χ1v) is 11.6. The number of hydrogen-bond acceptors (Lipinski definition) is 5. The summed E-state index contributed by atoms with van der Waals surface area (Å²) < 4.78 is 72.9. The van der Waals surface area contributed by atoms with Crippen LogP contribution in [-0.4, -0.2) is 41.5 Å². The molecule has 3 aromatic rings. The molecular weight excluding hydrogens is 461 g/mol. The van der Waals surface area contributed by atoms with Gasteiger partial charge in [-0.1, -0.05) is 6.07 Å². The Morgan fingerprint density at radius 1 is 1.12 bits per heavy atom. The minimum atomic E-state index is -4.54. The molecule has 0 spiro atoms. The number of hydrogen-bond donors (Lipinski definition) is 1. The third kappa shape index (κ3) is 4.53. The van der Waals surface area contributed by atoms with Gasteiger partial charge in [0.15, 0.2) is 5.76 Å². The molecule has 12 heteroatoms. The number of benzene rings is 1. The molecule has 0 saturated carbocycles. The van der Waals surface area contributed by atoms with E-state index in [1.54, 1.807) is 6.92 Å². The summed E-state index contributed by atoms with van der Waals surface area (Å²) in [4.78, 5) is 12.7. The molecule has 1 fully saturated rings. The van der Waals surface area contributed by atoms with Crippen molar-refractivity contribution in [1.29, 1.82) is 0 Å². The highest BCUT2D eigenvalue weighted by molar-refractivity contribution is 7.89. The monoisotopic (exact) mass is 482 g/mol. The van der Waals surface area contributed by atoms with Crippen molar-refractivity contribution >= 4 is 21.7 Å². The van der Waals surface area contributed by atoms with Gasteiger partial charge in [0.1, 0.15) is 16.5 Å². The second-order valence-corrected chi connectivity index (χ2v) is 9.63. The van der Waals surface area contributed by atoms with Crippen molar-refractivity contribution in [2.75, 3.05) is 18.4 Å². The molecule has 1 saturated heterocycles. The van der Waals surface area contributed by atoms with E-state index in [-0.39, 0.29) is 27.9 Å². The zero-order valence-electron chi connectivity index (χ0n) is 17.8. The van der Waals surface area contributed by atoms with Crippen molar-refractivity contribution in [3.8, 4) is 5.69 Å². The van der Waals surface area contributed by atoms with Crippen LogP contribution < -0.4 is 5.32 Å². The first kappa shape index (κ1) is 23.1. The molecule has 1 aliphatic heterocycles. The average molecular weight is 482 g/mol. The molecule has 8 nitrogen and oxygen atoms in total. The Morgan fingerprint density at radius 3 is 2.48 bits per heavy atom. The van der Waals surface area contributed by atoms with E-state index < -0.39 is 27.7 Å². The van der Waals surface area contributed by atoms with Crippen molar-refractivity contribution in [3.63, 3.8) is 0 Å². The fourth-order valence-electron chi connectivity index (χ4n) is 3.68. The van der Waals surface area contributed by atoms with Gasteiger partial charge < -0.3 is 9.73 Å². The minimum Gasteiger partial charge on any atom is -0.455 e. The lowest BCUT2D eigenvalue weighted by Crippen LogP contribution is -2.28. The maximum atomic E-state index is 13.1. The molecule has 0 aliphatic carbocycles. The summed E-state index contributed by atoms with van der Waals surface area (Å²) in [6, 6.07) is 7.17. The average Bonchev–Trinajstić information content (AvgIpc) is 3.48. The van der Waals surface area contributed by atoms with E-state index >= 15 is 0 Å². The first-order chi connectivity index (χ1) is 15.5. The van der Waals surface area contributed by atoms with Gasteiger partial charge in [-0.15, -0.1) is 0 Å². The lowest BCUT2D eigenvalue weighted by Gasteiger charge is -2.14. The molecular formula is C21H21F3N4O4S. The number of carbonyl (C=O) groups is 1. The van der Waals surface area contributed by atoms with Crippen LogP contribution in [0.3, 0.4) is 0 Å². The smallest absolute Gasteiger partial charge is 0.416 e. The van der Waals surface area contributed by atoms with Crippen molar-refractivity contribution in [2.24, 2.45) is 0 Å². The fraction of sp³-hybridized carbons (Fsp3) is 0.333. The lowest BCUT2D eigenvalue weighted by atomic mass is 10.2. The number of sulfonamides is 1. The molecule has 176 valence electrons. The topological polar surface area (TPSA) is 97.4 Å². The zero-order valence-corrected chi connectivity index (χ0v) is 18.6. The standard InChI is InChI=1S/C21H21F3N4O4S/c1-13-10-19(28(26-13)16-7-5-6-15(11-16)21(22,23)24)25-20(29)17-12-18(14(2)32-17)33(30,31)27-8-3-4-9-27/h5-7,10-12H,3-4,8-9H2,1-2H3,(H,25,29). The summed E-state index contributed by atoms with van der Waals surface area (Å²) in [6.45, 7) is 3.89. The van der Waals surface area contributed by atoms with E-state index in [1.807, 2.05) is 0 Å². The van der Waals surface area contributed by atoms with Gasteiger partial charge in [-0.25, -0.2) is 13.1 Å². The highest BCUT2D eigenvalue weighted by Gasteiger charge is 2.32. The van der Waals surface area contributed by atoms with Crippen LogP contribution >= 0.6 is 0 Å². The zero-order chi connectivity index (χ0) is 24.0. The lowest BCUT2D eigenvalue weighted by molar-refractivity contribution is -0.137. The molecule has 1 N–H and O–H groups in total. The van der Waals surface area contributed by atoms with Crippen molar-refractivity contribution in [3.05, 3.63) is 59.2 Å². The number of furan rings is 1. The largest absolute Gasteiger partial charge is 0.455 e. The number of aromatic nitrogens is 2. The molecule has 33 heavy (non-hydrogen) atoms. The molecule has 0 unspecified atom stereocenters. The van der Waals surface area contributed by atoms with Gasteiger partial charge in [0.2, 0.25) is 10.0 Å². The van der Waals surface area contributed by atoms with E-state index in [9.17, 15) is 26.4 Å². The summed E-state index contributed by atoms with van der Waals surface area (Å²) in [5, 5.41) is 6.71. The molecule has 4 rings (SSSR count). The highest BCUT2D eigenvalue weighted by Crippen LogP contribution is 2.31. The molecule has 0 bridgehead atoms. The minimum absolute atomic E-state index is 0.0783. The third-order valence-electron chi connectivity index (χ3n) is 5.27. The van der Waals surface area contributed by atoms with Gasteiger partial charge in [-0.05, 0) is 44.9 Å². The normalized spacial score (nSPS) is 15.2. The third-order valence-corrected chi connectivity index (χ3v) is 7.28. The van der Waals surface area contributed by atoms with E-state index in [2.05, 4.69) is 10.4 Å². The second-order valence-electron chi connectivity index (χ2n) is 7.73. The number of nitrogens with zero attached hydrogens (tertiary/aromatic N) is 3. The van der Waals surface area contributed by atoms with E-state index in [0.717, 1.165) is 31.0 Å². The van der Waals surface area contributed by atoms with Gasteiger partial charge in [-0.3, -0.25) is 4.79 Å². The van der Waals surface area contributed by atoms with Crippen molar-refractivity contribution in [1.82, 2.24) is 14.1 Å². The Balaban J connectivity index is 1.62. The maximum absolute atomic E-state index is 13.1. The quantitative estimate of drug-likeness (QED) is 0.590. The Labute approximate surface area is 188 Å². The molecule has 0 atom stereocenters. The van der Waals surface area contributed by atoms with E-state index in [0.29, 0.717) is 18.8 Å². The van der Waals surface area contributed by atoms with Gasteiger partial charge in [0.05, 0.1) is 16.9 Å². The fourth-order valence-corrected chi connectivity index (χ4v) is 5.36. The summed E-state index contributed by atoms with van der Waals surface area (Å²) in [6.07, 6.45) is -3.00. The number of carbonyl (C=O) groups excluding carboxylic acids is 1. The number of halogens is 3. The molecule has 3 heterocycles. The Hall–Kier alpha value is -3.12. The Bertz CT molecular complexity index is 1310. The predicted molar refractivity (Wildman–Crippen MR) is 113 cm³/mol. The number of amides is 1. The van der Waals surface area contributed by atoms with Gasteiger partial charge in [0, 0.05) is 25.2 Å². The van der Waals surface area contributed by atoms with Crippen LogP contribution in [-0.2, 0) is 16.2 Å². The van der Waals surface area contributed by atoms with Crippen LogP contribution in [0.25, 0.3) is 5.69 Å². The van der Waals surface area contributed by atoms with Crippen LogP contribution in [0.4, 0.5) is 19.0 Å². The highest BCUT2D eigenvalue weighted by atomic mass is 32.2. The van der Waals surface area contributed by atoms with Crippen LogP contribution in [0.5, 0.6) is 0 Å². The summed E-state index contributed by atoms with van der Waals surface area (Å²) >= 11 is 0. The summed E-state index contributed by atoms with van der Waals surface area (Å²) in [5.74, 6) is -0.807. The van der Waals surface area contributed by atoms with Gasteiger partial charge in [-0.2, -0.15) is 22.6 Å². The number of anilines is 1. The van der Waals surface area contributed by atoms with Crippen LogP contribution in [0.2, 0.25) is 0 Å². The summed E-state index contributed by atoms with van der Waals surface area (Å²) in [5.41, 5.74) is -0.305. The number of nitrogens with one attached hydrogen (secondary N) is 1. The predicted octanol–water partition coefficient (Wildman–Crippen LogP) is 4.14. The number of rotatable bonds is 5. The summed E-state index contributed by atoms with van der Waals surface area (Å²) in [7, 11) is -3.79. The second kappa shape index (κ2) is 8.34. The van der Waals surface area contributed by atoms with E-state index in [4.69, 9.17) is 4.42 Å². The maximum Gasteiger partial charge on any atom is 0.416 e. The van der Waals surface area contributed by atoms with Gasteiger partial charge >= 0.3 is 6.18 Å². The van der Waals surface area contributed by atoms with Crippen LogP contribution in [0.15, 0.2) is 45.7 Å². The van der Waals surface area contributed by atoms with Crippen LogP contribution in [0, 0.1) is 13.8 Å². The molecule has 1 aromatic carbocycles. The first-order valence-electron chi connectivity index (χ1n) is 10.1. The Morgan fingerprint density at radius 2 is 1.82 bits per heavy atom. The van der Waals surface area contributed by atoms with Crippen molar-refractivity contribution < 1.29 is 30.8 Å². The van der Waals surface area contributed by atoms with Crippen molar-refractivity contribution in [2.45, 2.75) is 37.8 Å². The SMILES string of the molecule is Cc1cc(NC(=O)c2cc(S(=O)(=O)N3CCCC3)c(C)o2)n(-c2cccc(C(F)(F)F)c2)n1.